The molecule has 1 aromatic rings. The lowest BCUT2D eigenvalue weighted by Gasteiger charge is -2.25. The maximum absolute atomic E-state index is 12.5. The molecule has 0 fully saturated rings. The Labute approximate surface area is 134 Å². The number of hydrogen-bond donors (Lipinski definition) is 0. The minimum absolute atomic E-state index is 0.00410. The van der Waals surface area contributed by atoms with Crippen LogP contribution in [0.2, 0.25) is 0 Å². The zero-order valence-electron chi connectivity index (χ0n) is 12.3. The van der Waals surface area contributed by atoms with Gasteiger partial charge in [-0.25, -0.2) is 8.42 Å². The molecule has 0 spiro atoms. The highest BCUT2D eigenvalue weighted by atomic mass is 79.9. The quantitative estimate of drug-likeness (QED) is 0.809. The molecule has 1 atom stereocenters. The van der Waals surface area contributed by atoms with E-state index >= 15 is 0 Å². The second kappa shape index (κ2) is 6.06. The molecule has 1 aromatic carbocycles. The predicted molar refractivity (Wildman–Crippen MR) is 86.9 cm³/mol. The molecule has 0 N–H and O–H groups in total. The van der Waals surface area contributed by atoms with Crippen molar-refractivity contribution >= 4 is 37.5 Å². The van der Waals surface area contributed by atoms with Crippen LogP contribution >= 0.6 is 15.9 Å². The summed E-state index contributed by atoms with van der Waals surface area (Å²) in [7, 11) is -1.90. The number of rotatable bonds is 4. The van der Waals surface area contributed by atoms with Crippen molar-refractivity contribution < 1.29 is 13.2 Å². The summed E-state index contributed by atoms with van der Waals surface area (Å²) in [4.78, 5) is 14.2. The van der Waals surface area contributed by atoms with Gasteiger partial charge in [0.05, 0.1) is 12.3 Å². The lowest BCUT2D eigenvalue weighted by atomic mass is 10.1. The number of carbonyl (C=O) groups is 1. The molecule has 7 heteroatoms. The van der Waals surface area contributed by atoms with Crippen molar-refractivity contribution in [3.63, 3.8) is 0 Å². The zero-order chi connectivity index (χ0) is 15.8. The number of nitrogens with zero attached hydrogens (tertiary/aromatic N) is 2. The molecule has 0 saturated carbocycles. The van der Waals surface area contributed by atoms with Gasteiger partial charge in [0.1, 0.15) is 0 Å². The van der Waals surface area contributed by atoms with Gasteiger partial charge < -0.3 is 4.90 Å². The van der Waals surface area contributed by atoms with Crippen molar-refractivity contribution in [3.8, 4) is 0 Å². The molecule has 1 unspecified atom stereocenters. The smallest absolute Gasteiger partial charge is 0.242 e. The molecular weight excluding hydrogens is 356 g/mol. The Morgan fingerprint density at radius 3 is 2.76 bits per heavy atom. The zero-order valence-corrected chi connectivity index (χ0v) is 14.7. The fraction of sp³-hybridized carbons (Fsp3) is 0.500. The standard InChI is InChI=1S/C14H19BrN2O3S/c1-4-21(19,20)16(3)9-14(18)17-10(2)7-11-8-12(15)5-6-13(11)17/h5-6,8,10H,4,7,9H2,1-3H3. The lowest BCUT2D eigenvalue weighted by molar-refractivity contribution is -0.118. The fourth-order valence-electron chi connectivity index (χ4n) is 2.57. The molecule has 116 valence electrons. The van der Waals surface area contributed by atoms with Crippen LogP contribution in [0.5, 0.6) is 0 Å². The average Bonchev–Trinajstić information content (AvgIpc) is 2.73. The van der Waals surface area contributed by atoms with Crippen LogP contribution < -0.4 is 4.90 Å². The monoisotopic (exact) mass is 374 g/mol. The van der Waals surface area contributed by atoms with Gasteiger partial charge in [0, 0.05) is 23.2 Å². The molecule has 1 aliphatic heterocycles. The largest absolute Gasteiger partial charge is 0.308 e. The molecule has 5 nitrogen and oxygen atoms in total. The van der Waals surface area contributed by atoms with E-state index in [-0.39, 0.29) is 24.2 Å². The molecular formula is C14H19BrN2O3S. The number of likely N-dealkylation sites (N-methyl/N-ethyl adjacent to an activating group) is 1. The van der Waals surface area contributed by atoms with Crippen LogP contribution in [0.3, 0.4) is 0 Å². The Morgan fingerprint density at radius 2 is 2.14 bits per heavy atom. The van der Waals surface area contributed by atoms with Crippen LogP contribution in [0.1, 0.15) is 19.4 Å². The van der Waals surface area contributed by atoms with Gasteiger partial charge in [-0.15, -0.1) is 0 Å². The second-order valence-corrected chi connectivity index (χ2v) is 8.53. The molecule has 0 aromatic heterocycles. The first-order valence-corrected chi connectivity index (χ1v) is 9.21. The van der Waals surface area contributed by atoms with E-state index in [9.17, 15) is 13.2 Å². The van der Waals surface area contributed by atoms with Crippen molar-refractivity contribution in [1.82, 2.24) is 4.31 Å². The van der Waals surface area contributed by atoms with E-state index in [2.05, 4.69) is 15.9 Å². The molecule has 0 bridgehead atoms. The van der Waals surface area contributed by atoms with Gasteiger partial charge in [-0.2, -0.15) is 4.31 Å². The first kappa shape index (κ1) is 16.5. The van der Waals surface area contributed by atoms with Crippen LogP contribution in [-0.4, -0.2) is 44.0 Å². The number of carbonyl (C=O) groups excluding carboxylic acids is 1. The molecule has 1 heterocycles. The van der Waals surface area contributed by atoms with Crippen LogP contribution in [0, 0.1) is 0 Å². The van der Waals surface area contributed by atoms with E-state index in [0.29, 0.717) is 0 Å². The van der Waals surface area contributed by atoms with Gasteiger partial charge in [-0.1, -0.05) is 15.9 Å². The first-order valence-electron chi connectivity index (χ1n) is 6.80. The molecule has 2 rings (SSSR count). The SMILES string of the molecule is CCS(=O)(=O)N(C)CC(=O)N1c2ccc(Br)cc2CC1C. The van der Waals surface area contributed by atoms with E-state index < -0.39 is 10.0 Å². The summed E-state index contributed by atoms with van der Waals surface area (Å²) in [5.74, 6) is -0.196. The summed E-state index contributed by atoms with van der Waals surface area (Å²) in [6.07, 6.45) is 0.782. The molecule has 21 heavy (non-hydrogen) atoms. The normalized spacial score (nSPS) is 18.1. The van der Waals surface area contributed by atoms with Gasteiger partial charge in [-0.05, 0) is 44.0 Å². The summed E-state index contributed by atoms with van der Waals surface area (Å²) < 4.78 is 25.6. The van der Waals surface area contributed by atoms with Crippen molar-refractivity contribution in [3.05, 3.63) is 28.2 Å². The first-order chi connectivity index (χ1) is 9.76. The number of anilines is 1. The minimum atomic E-state index is -3.35. The van der Waals surface area contributed by atoms with Crippen LogP contribution in [-0.2, 0) is 21.2 Å². The molecule has 1 aliphatic rings. The van der Waals surface area contributed by atoms with Gasteiger partial charge >= 0.3 is 0 Å². The number of sulfonamides is 1. The third kappa shape index (κ3) is 3.30. The van der Waals surface area contributed by atoms with Gasteiger partial charge in [0.2, 0.25) is 15.9 Å². The van der Waals surface area contributed by atoms with E-state index in [1.165, 1.54) is 7.05 Å². The average molecular weight is 375 g/mol. The van der Waals surface area contributed by atoms with Crippen molar-refractivity contribution in [2.45, 2.75) is 26.3 Å². The van der Waals surface area contributed by atoms with Crippen molar-refractivity contribution in [1.29, 1.82) is 0 Å². The molecule has 0 radical (unpaired) electrons. The van der Waals surface area contributed by atoms with Gasteiger partial charge in [-0.3, -0.25) is 4.79 Å². The topological polar surface area (TPSA) is 57.7 Å². The highest BCUT2D eigenvalue weighted by molar-refractivity contribution is 9.10. The fourth-order valence-corrected chi connectivity index (χ4v) is 3.72. The number of halogens is 1. The van der Waals surface area contributed by atoms with Crippen molar-refractivity contribution in [2.75, 3.05) is 24.2 Å². The number of benzene rings is 1. The Morgan fingerprint density at radius 1 is 1.48 bits per heavy atom. The maximum Gasteiger partial charge on any atom is 0.242 e. The minimum Gasteiger partial charge on any atom is -0.308 e. The maximum atomic E-state index is 12.5. The van der Waals surface area contributed by atoms with Gasteiger partial charge in [0.25, 0.3) is 0 Å². The Kier molecular flexibility index (Phi) is 4.75. The van der Waals surface area contributed by atoms with Crippen LogP contribution in [0.4, 0.5) is 5.69 Å². The Bertz CT molecular complexity index is 660. The van der Waals surface area contributed by atoms with Gasteiger partial charge in [0.15, 0.2) is 0 Å². The number of fused-ring (bicyclic) bond motifs is 1. The molecule has 1 amide bonds. The Balaban J connectivity index is 2.21. The third-order valence-corrected chi connectivity index (χ3v) is 6.03. The highest BCUT2D eigenvalue weighted by Gasteiger charge is 2.32. The summed E-state index contributed by atoms with van der Waals surface area (Å²) in [6.45, 7) is 3.41. The van der Waals surface area contributed by atoms with Crippen LogP contribution in [0.25, 0.3) is 0 Å². The van der Waals surface area contributed by atoms with E-state index in [4.69, 9.17) is 0 Å². The number of amides is 1. The second-order valence-electron chi connectivity index (χ2n) is 5.25. The summed E-state index contributed by atoms with van der Waals surface area (Å²) >= 11 is 3.43. The summed E-state index contributed by atoms with van der Waals surface area (Å²) in [5, 5.41) is 0. The van der Waals surface area contributed by atoms with E-state index in [0.717, 1.165) is 26.4 Å². The van der Waals surface area contributed by atoms with Crippen molar-refractivity contribution in [2.24, 2.45) is 0 Å². The molecule has 0 saturated heterocycles. The highest BCUT2D eigenvalue weighted by Crippen LogP contribution is 2.34. The predicted octanol–water partition coefficient (Wildman–Crippen LogP) is 2.01. The third-order valence-electron chi connectivity index (χ3n) is 3.72. The number of hydrogen-bond acceptors (Lipinski definition) is 3. The summed E-state index contributed by atoms with van der Waals surface area (Å²) in [6, 6.07) is 5.84. The van der Waals surface area contributed by atoms with E-state index in [1.54, 1.807) is 11.8 Å². The molecule has 0 aliphatic carbocycles. The van der Waals surface area contributed by atoms with Crippen LogP contribution in [0.15, 0.2) is 22.7 Å². The lowest BCUT2D eigenvalue weighted by Crippen LogP contribution is -2.44. The summed E-state index contributed by atoms with van der Waals surface area (Å²) in [5.41, 5.74) is 1.98. The van der Waals surface area contributed by atoms with E-state index in [1.807, 2.05) is 25.1 Å². The Hall–Kier alpha value is -0.920.